The molecule has 3 aromatic rings. The Bertz CT molecular complexity index is 1040. The SMILES string of the molecule is CCOC(=O)C1=C(c2ccccc2)Nc2ncnn2[C@H]1c1ccc(C(C)C)cc1. The van der Waals surface area contributed by atoms with Crippen molar-refractivity contribution in [2.75, 3.05) is 11.9 Å². The lowest BCUT2D eigenvalue weighted by atomic mass is 9.91. The van der Waals surface area contributed by atoms with E-state index in [2.05, 4.69) is 53.5 Å². The first-order chi connectivity index (χ1) is 14.1. The Hall–Kier alpha value is -3.41. The summed E-state index contributed by atoms with van der Waals surface area (Å²) in [5, 5.41) is 7.67. The number of aromatic nitrogens is 3. The highest BCUT2D eigenvalue weighted by molar-refractivity contribution is 6.02. The number of nitrogens with one attached hydrogen (secondary N) is 1. The number of hydrogen-bond acceptors (Lipinski definition) is 5. The van der Waals surface area contributed by atoms with Crippen molar-refractivity contribution in [3.63, 3.8) is 0 Å². The molecule has 0 spiro atoms. The molecule has 0 saturated carbocycles. The van der Waals surface area contributed by atoms with Gasteiger partial charge in [-0.2, -0.15) is 10.1 Å². The minimum Gasteiger partial charge on any atom is -0.463 e. The highest BCUT2D eigenvalue weighted by Gasteiger charge is 2.36. The van der Waals surface area contributed by atoms with Gasteiger partial charge in [0.05, 0.1) is 17.9 Å². The van der Waals surface area contributed by atoms with Crippen LogP contribution in [0.2, 0.25) is 0 Å². The third kappa shape index (κ3) is 3.53. The first-order valence-corrected chi connectivity index (χ1v) is 9.83. The van der Waals surface area contributed by atoms with Gasteiger partial charge >= 0.3 is 5.97 Å². The van der Waals surface area contributed by atoms with E-state index >= 15 is 0 Å². The summed E-state index contributed by atoms with van der Waals surface area (Å²) >= 11 is 0. The molecule has 2 heterocycles. The van der Waals surface area contributed by atoms with Crippen LogP contribution in [-0.4, -0.2) is 27.3 Å². The van der Waals surface area contributed by atoms with E-state index in [1.54, 1.807) is 4.68 Å². The van der Waals surface area contributed by atoms with Gasteiger partial charge < -0.3 is 10.1 Å². The van der Waals surface area contributed by atoms with Gasteiger partial charge in [-0.25, -0.2) is 9.48 Å². The molecule has 6 heteroatoms. The molecule has 1 atom stereocenters. The number of fused-ring (bicyclic) bond motifs is 1. The topological polar surface area (TPSA) is 69.0 Å². The van der Waals surface area contributed by atoms with Gasteiger partial charge in [-0.05, 0) is 29.5 Å². The number of anilines is 1. The smallest absolute Gasteiger partial charge is 0.338 e. The van der Waals surface area contributed by atoms with Crippen molar-refractivity contribution in [2.24, 2.45) is 0 Å². The lowest BCUT2D eigenvalue weighted by Crippen LogP contribution is -2.30. The Morgan fingerprint density at radius 1 is 1.14 bits per heavy atom. The molecule has 0 aliphatic carbocycles. The Labute approximate surface area is 170 Å². The standard InChI is InChI=1S/C23H24N4O2/c1-4-29-22(28)19-20(17-8-6-5-7-9-17)26-23-24-14-25-27(23)21(19)18-12-10-16(11-13-18)15(2)3/h5-15,21H,4H2,1-3H3,(H,24,25,26)/t21-/m0/s1. The lowest BCUT2D eigenvalue weighted by Gasteiger charge is -2.29. The normalized spacial score (nSPS) is 15.8. The van der Waals surface area contributed by atoms with Crippen LogP contribution in [0.4, 0.5) is 5.95 Å². The molecule has 0 amide bonds. The van der Waals surface area contributed by atoms with Crippen LogP contribution in [0.15, 0.2) is 66.5 Å². The average Bonchev–Trinajstić information content (AvgIpc) is 3.21. The van der Waals surface area contributed by atoms with Gasteiger partial charge in [0.25, 0.3) is 0 Å². The van der Waals surface area contributed by atoms with E-state index in [1.165, 1.54) is 11.9 Å². The maximum absolute atomic E-state index is 13.1. The van der Waals surface area contributed by atoms with E-state index in [9.17, 15) is 4.79 Å². The number of carbonyl (C=O) groups is 1. The van der Waals surface area contributed by atoms with Crippen LogP contribution >= 0.6 is 0 Å². The predicted molar refractivity (Wildman–Crippen MR) is 112 cm³/mol. The Morgan fingerprint density at radius 2 is 1.86 bits per heavy atom. The number of esters is 1. The number of nitrogens with zero attached hydrogens (tertiary/aromatic N) is 3. The summed E-state index contributed by atoms with van der Waals surface area (Å²) in [4.78, 5) is 17.4. The first kappa shape index (κ1) is 18.9. The van der Waals surface area contributed by atoms with E-state index in [-0.39, 0.29) is 5.97 Å². The van der Waals surface area contributed by atoms with Crippen molar-refractivity contribution in [3.8, 4) is 0 Å². The molecule has 6 nitrogen and oxygen atoms in total. The molecule has 0 fully saturated rings. The van der Waals surface area contributed by atoms with Crippen LogP contribution in [0.1, 0.15) is 49.4 Å². The highest BCUT2D eigenvalue weighted by Crippen LogP contribution is 2.39. The van der Waals surface area contributed by atoms with Gasteiger partial charge in [-0.3, -0.25) is 0 Å². The summed E-state index contributed by atoms with van der Waals surface area (Å²) in [7, 11) is 0. The van der Waals surface area contributed by atoms with Crippen LogP contribution in [0, 0.1) is 0 Å². The monoisotopic (exact) mass is 388 g/mol. The summed E-state index contributed by atoms with van der Waals surface area (Å²) in [6.45, 7) is 6.43. The van der Waals surface area contributed by atoms with Crippen LogP contribution in [-0.2, 0) is 9.53 Å². The third-order valence-corrected chi connectivity index (χ3v) is 5.07. The number of benzene rings is 2. The van der Waals surface area contributed by atoms with E-state index in [4.69, 9.17) is 4.74 Å². The van der Waals surface area contributed by atoms with Crippen molar-refractivity contribution in [2.45, 2.75) is 32.7 Å². The molecule has 148 valence electrons. The van der Waals surface area contributed by atoms with Gasteiger partial charge in [-0.15, -0.1) is 0 Å². The van der Waals surface area contributed by atoms with Crippen LogP contribution in [0.5, 0.6) is 0 Å². The molecule has 29 heavy (non-hydrogen) atoms. The molecule has 2 aromatic carbocycles. The summed E-state index contributed by atoms with van der Waals surface area (Å²) in [5.41, 5.74) is 4.31. The van der Waals surface area contributed by atoms with Crippen molar-refractivity contribution in [3.05, 3.63) is 83.2 Å². The number of carbonyl (C=O) groups excluding carboxylic acids is 1. The largest absolute Gasteiger partial charge is 0.463 e. The summed E-state index contributed by atoms with van der Waals surface area (Å²) in [6.07, 6.45) is 1.49. The van der Waals surface area contributed by atoms with E-state index in [0.29, 0.717) is 29.7 Å². The van der Waals surface area contributed by atoms with Crippen molar-refractivity contribution < 1.29 is 9.53 Å². The number of ether oxygens (including phenoxy) is 1. The molecule has 1 aromatic heterocycles. The summed E-state index contributed by atoms with van der Waals surface area (Å²) in [6, 6.07) is 17.6. The Morgan fingerprint density at radius 3 is 2.52 bits per heavy atom. The average molecular weight is 388 g/mol. The predicted octanol–water partition coefficient (Wildman–Crippen LogP) is 4.39. The van der Waals surface area contributed by atoms with Crippen LogP contribution in [0.25, 0.3) is 5.70 Å². The number of hydrogen-bond donors (Lipinski definition) is 1. The lowest BCUT2D eigenvalue weighted by molar-refractivity contribution is -0.138. The quantitative estimate of drug-likeness (QED) is 0.657. The van der Waals surface area contributed by atoms with E-state index in [1.807, 2.05) is 37.3 Å². The van der Waals surface area contributed by atoms with Crippen LogP contribution in [0.3, 0.4) is 0 Å². The third-order valence-electron chi connectivity index (χ3n) is 5.07. The second-order valence-electron chi connectivity index (χ2n) is 7.25. The molecule has 0 bridgehead atoms. The molecular formula is C23H24N4O2. The van der Waals surface area contributed by atoms with Gasteiger partial charge in [-0.1, -0.05) is 68.4 Å². The van der Waals surface area contributed by atoms with Crippen molar-refractivity contribution in [1.29, 1.82) is 0 Å². The van der Waals surface area contributed by atoms with Gasteiger partial charge in [0.15, 0.2) is 0 Å². The molecule has 0 saturated heterocycles. The molecular weight excluding hydrogens is 364 g/mol. The maximum atomic E-state index is 13.1. The number of rotatable bonds is 5. The molecule has 0 radical (unpaired) electrons. The second-order valence-corrected chi connectivity index (χ2v) is 7.25. The minimum atomic E-state index is -0.427. The Balaban J connectivity index is 1.91. The van der Waals surface area contributed by atoms with E-state index in [0.717, 1.165) is 11.1 Å². The fourth-order valence-corrected chi connectivity index (χ4v) is 3.59. The first-order valence-electron chi connectivity index (χ1n) is 9.83. The zero-order valence-electron chi connectivity index (χ0n) is 16.8. The zero-order valence-corrected chi connectivity index (χ0v) is 16.8. The molecule has 1 aliphatic heterocycles. The fourth-order valence-electron chi connectivity index (χ4n) is 3.59. The maximum Gasteiger partial charge on any atom is 0.338 e. The second kappa shape index (κ2) is 7.91. The van der Waals surface area contributed by atoms with Crippen molar-refractivity contribution >= 4 is 17.6 Å². The van der Waals surface area contributed by atoms with Gasteiger partial charge in [0.1, 0.15) is 12.4 Å². The minimum absolute atomic E-state index is 0.299. The fraction of sp³-hybridized carbons (Fsp3) is 0.261. The molecule has 0 unspecified atom stereocenters. The van der Waals surface area contributed by atoms with Crippen molar-refractivity contribution in [1.82, 2.24) is 14.8 Å². The van der Waals surface area contributed by atoms with Gasteiger partial charge in [0.2, 0.25) is 5.95 Å². The van der Waals surface area contributed by atoms with Crippen LogP contribution < -0.4 is 5.32 Å². The van der Waals surface area contributed by atoms with E-state index < -0.39 is 6.04 Å². The zero-order chi connectivity index (χ0) is 20.4. The highest BCUT2D eigenvalue weighted by atomic mass is 16.5. The summed E-state index contributed by atoms with van der Waals surface area (Å²) in [5.74, 6) is 0.659. The summed E-state index contributed by atoms with van der Waals surface area (Å²) < 4.78 is 7.18. The van der Waals surface area contributed by atoms with Gasteiger partial charge in [0, 0.05) is 0 Å². The Kier molecular flexibility index (Phi) is 5.16. The molecule has 1 N–H and O–H groups in total. The molecule has 1 aliphatic rings. The molecule has 4 rings (SSSR count).